The molecule has 0 amide bonds. The van der Waals surface area contributed by atoms with Gasteiger partial charge in [-0.25, -0.2) is 79.7 Å². The van der Waals surface area contributed by atoms with E-state index in [2.05, 4.69) is 175 Å². The Morgan fingerprint density at radius 2 is 0.708 bits per heavy atom. The van der Waals surface area contributed by atoms with Crippen molar-refractivity contribution in [1.82, 2.24) is 89.7 Å². The maximum Gasteiger partial charge on any atom is 0.228 e. The first kappa shape index (κ1) is 78.8. The summed E-state index contributed by atoms with van der Waals surface area (Å²) >= 11 is 16.3. The Kier molecular flexibility index (Phi) is 33.8. The van der Waals surface area contributed by atoms with Gasteiger partial charge in [0.15, 0.2) is 0 Å². The van der Waals surface area contributed by atoms with Crippen molar-refractivity contribution in [1.29, 1.82) is 0 Å². The SMILES string of the molecule is CC[C@H]1C[C@@H](N(C)c2ncncn2)C[C@@H]1C.CC[C@H]1C[C@@H](N(C)c2ncncn2)C[C@@H]1O.CC[C@H]1C[C@@H](N)C[C@@H]1C.CC[C@H]1C[C@@H](Nc2ncnc(Cl)n2)C[C@@H]1C.CC[C@H]1C[C@@H](Nc2ncncn2)C[C@@H]1C.CN(c1ncncn1)[C@@H]1C[C@H](CO)[C@@H](O)C1.Clc1ncnc(Cl)n1. The van der Waals surface area contributed by atoms with Gasteiger partial charge in [-0.05, 0) is 165 Å². The van der Waals surface area contributed by atoms with Gasteiger partial charge in [-0.15, -0.1) is 0 Å². The predicted molar refractivity (Wildman–Crippen MR) is 377 cm³/mol. The summed E-state index contributed by atoms with van der Waals surface area (Å²) in [6, 6.07) is 2.61. The van der Waals surface area contributed by atoms with Crippen molar-refractivity contribution in [3.63, 3.8) is 0 Å². The number of aliphatic hydroxyl groups is 3. The number of aliphatic hydroxyl groups excluding tert-OH is 3. The van der Waals surface area contributed by atoms with Crippen molar-refractivity contribution in [2.24, 2.45) is 64.9 Å². The van der Waals surface area contributed by atoms with Gasteiger partial charge >= 0.3 is 0 Å². The van der Waals surface area contributed by atoms with Crippen molar-refractivity contribution < 1.29 is 15.3 Å². The van der Waals surface area contributed by atoms with Crippen molar-refractivity contribution in [3.8, 4) is 0 Å². The normalized spacial score (nSPS) is 29.2. The minimum atomic E-state index is -0.431. The number of hydrogen-bond acceptors (Lipinski definition) is 27. The zero-order valence-corrected chi connectivity index (χ0v) is 60.6. The Bertz CT molecular complexity index is 2870. The Morgan fingerprint density at radius 3 is 1.04 bits per heavy atom. The number of hydrogen-bond donors (Lipinski definition) is 6. The van der Waals surface area contributed by atoms with Gasteiger partial charge in [0.25, 0.3) is 0 Å². The van der Waals surface area contributed by atoms with E-state index >= 15 is 0 Å². The molecule has 7 N–H and O–H groups in total. The molecular formula is C66H107Cl3N24O3. The number of anilines is 5. The highest BCUT2D eigenvalue weighted by atomic mass is 35.5. The first-order chi connectivity index (χ1) is 46.2. The van der Waals surface area contributed by atoms with E-state index in [1.807, 2.05) is 23.9 Å². The largest absolute Gasteiger partial charge is 0.396 e. The van der Waals surface area contributed by atoms with Crippen LogP contribution in [0.1, 0.15) is 171 Å². The third kappa shape index (κ3) is 25.3. The van der Waals surface area contributed by atoms with E-state index < -0.39 is 6.10 Å². The number of nitrogens with one attached hydrogen (secondary N) is 2. The van der Waals surface area contributed by atoms with Gasteiger partial charge in [-0.2, -0.15) is 9.97 Å². The molecule has 30 heteroatoms. The molecule has 0 aromatic carbocycles. The van der Waals surface area contributed by atoms with Gasteiger partial charge in [-0.1, -0.05) is 94.4 Å². The summed E-state index contributed by atoms with van der Waals surface area (Å²) in [5, 5.41) is 35.9. The molecular weight excluding hydrogens is 1280 g/mol. The second kappa shape index (κ2) is 41.2. The highest BCUT2D eigenvalue weighted by Crippen LogP contribution is 2.39. The number of rotatable bonds is 16. The van der Waals surface area contributed by atoms with Crippen LogP contribution in [-0.4, -0.2) is 181 Å². The summed E-state index contributed by atoms with van der Waals surface area (Å²) < 4.78 is 0. The molecule has 0 saturated heterocycles. The van der Waals surface area contributed by atoms with E-state index in [1.165, 1.54) is 128 Å². The lowest BCUT2D eigenvalue weighted by atomic mass is 9.96. The van der Waals surface area contributed by atoms with Crippen LogP contribution in [0.4, 0.5) is 29.7 Å². The molecule has 6 fully saturated rings. The number of aromatic nitrogens is 18. The van der Waals surface area contributed by atoms with Crippen LogP contribution in [0.15, 0.2) is 63.3 Å². The van der Waals surface area contributed by atoms with E-state index in [-0.39, 0.29) is 40.5 Å². The van der Waals surface area contributed by atoms with E-state index in [1.54, 1.807) is 12.7 Å². The topological polar surface area (TPSA) is 353 Å². The number of nitrogens with zero attached hydrogens (tertiary/aromatic N) is 21. The smallest absolute Gasteiger partial charge is 0.228 e. The van der Waals surface area contributed by atoms with Crippen LogP contribution in [0.5, 0.6) is 0 Å². The summed E-state index contributed by atoms with van der Waals surface area (Å²) in [5.74, 6) is 10.5. The predicted octanol–water partition coefficient (Wildman–Crippen LogP) is 10.2. The maximum atomic E-state index is 9.88. The second-order valence-corrected chi connectivity index (χ2v) is 27.8. The Balaban J connectivity index is 0.000000179. The van der Waals surface area contributed by atoms with Gasteiger partial charge in [-0.3, -0.25) is 0 Å². The fraction of sp³-hybridized carbons (Fsp3) is 0.727. The van der Waals surface area contributed by atoms with Crippen LogP contribution >= 0.6 is 34.8 Å². The minimum absolute atomic E-state index is 0.0305. The molecule has 6 aromatic heterocycles. The first-order valence-electron chi connectivity index (χ1n) is 34.4. The monoisotopic (exact) mass is 1390 g/mol. The van der Waals surface area contributed by atoms with Crippen LogP contribution in [0.25, 0.3) is 0 Å². The molecule has 18 atom stereocenters. The molecule has 6 saturated carbocycles. The van der Waals surface area contributed by atoms with E-state index in [0.717, 1.165) is 79.0 Å². The molecule has 12 rings (SSSR count). The minimum Gasteiger partial charge on any atom is -0.396 e. The fourth-order valence-corrected chi connectivity index (χ4v) is 15.0. The average Bonchev–Trinajstić information content (AvgIpc) is 1.78. The highest BCUT2D eigenvalue weighted by Gasteiger charge is 2.38. The molecule has 6 aromatic rings. The first-order valence-corrected chi connectivity index (χ1v) is 35.6. The number of nitrogens with two attached hydrogens (primary N) is 1. The van der Waals surface area contributed by atoms with Gasteiger partial charge in [0.2, 0.25) is 45.6 Å². The lowest BCUT2D eigenvalue weighted by Gasteiger charge is -2.24. The molecule has 6 aliphatic carbocycles. The third-order valence-corrected chi connectivity index (χ3v) is 21.1. The molecule has 6 aliphatic rings. The summed E-state index contributed by atoms with van der Waals surface area (Å²) in [7, 11) is 5.96. The molecule has 96 heavy (non-hydrogen) atoms. The molecule has 0 spiro atoms. The van der Waals surface area contributed by atoms with Crippen LogP contribution < -0.4 is 31.1 Å². The summed E-state index contributed by atoms with van der Waals surface area (Å²) in [6.07, 6.45) is 33.4. The Hall–Kier alpha value is -6.23. The summed E-state index contributed by atoms with van der Waals surface area (Å²) in [5.41, 5.74) is 5.79. The van der Waals surface area contributed by atoms with Gasteiger partial charge in [0.05, 0.1) is 12.2 Å². The second-order valence-electron chi connectivity index (χ2n) is 26.8. The van der Waals surface area contributed by atoms with Gasteiger partial charge < -0.3 is 46.4 Å². The molecule has 27 nitrogen and oxygen atoms in total. The molecule has 0 radical (unpaired) electrons. The van der Waals surface area contributed by atoms with Crippen LogP contribution in [0.2, 0.25) is 15.9 Å². The van der Waals surface area contributed by atoms with Crippen LogP contribution in [0, 0.1) is 59.2 Å². The molecule has 6 heterocycles. The van der Waals surface area contributed by atoms with Crippen molar-refractivity contribution in [2.45, 2.75) is 220 Å². The highest BCUT2D eigenvalue weighted by molar-refractivity contribution is 6.30. The number of halogens is 3. The molecule has 0 aliphatic heterocycles. The Morgan fingerprint density at radius 1 is 0.385 bits per heavy atom. The van der Waals surface area contributed by atoms with Gasteiger partial charge in [0, 0.05) is 69.9 Å². The van der Waals surface area contributed by atoms with Crippen molar-refractivity contribution >= 4 is 64.5 Å². The van der Waals surface area contributed by atoms with Crippen LogP contribution in [0.3, 0.4) is 0 Å². The lowest BCUT2D eigenvalue weighted by molar-refractivity contribution is 0.0908. The van der Waals surface area contributed by atoms with Crippen LogP contribution in [-0.2, 0) is 0 Å². The Labute approximate surface area is 583 Å². The van der Waals surface area contributed by atoms with E-state index in [0.29, 0.717) is 66.3 Å². The zero-order valence-electron chi connectivity index (χ0n) is 58.3. The average molecular weight is 1390 g/mol. The van der Waals surface area contributed by atoms with Gasteiger partial charge in [0.1, 0.15) is 63.3 Å². The standard InChI is InChI=1S/C12H20N4.C11H17ClN4.C11H18N4O.C11H18N4.C10H16N4O2.C8H17N.C3HCl2N3/c1-4-10-6-11(5-9(10)2)16(3)12-14-7-13-8-15-12;1-3-8-5-9(4-7(8)2)15-11-14-6-13-10(12)16-11;1-3-8-4-9(5-10(8)16)15(2)11-13-6-12-7-14-11;1-3-9-5-10(4-8(9)2)15-11-13-6-12-7-14-11;1-14(10-12-5-11-6-13-10)8-2-7(4-15)9(16)3-8;1-3-7-5-8(9)4-6(7)2;4-2-6-1-7-3(5)8-2/h7-11H,4-6H2,1-3H3;6-9H,3-5H2,1-2H3,(H,13,14,15,16);6-10,16H,3-5H2,1-2H3;6-10H,3-5H2,1-2H3,(H,12,13,14,15);5-9,15-16H,2-4H2,1H3;6-8H,3-5,9H2,1-2H3;1H/t9-,10-,11-;7-,8-,9-;8-,9+,10-;8-,9-,10-;7-,8-,9+;6-,7-,8-;/m000010./s1. The van der Waals surface area contributed by atoms with E-state index in [9.17, 15) is 10.2 Å². The fourth-order valence-electron chi connectivity index (χ4n) is 14.6. The molecule has 0 unspecified atom stereocenters. The molecule has 530 valence electrons. The van der Waals surface area contributed by atoms with Crippen molar-refractivity contribution in [3.05, 3.63) is 79.1 Å². The van der Waals surface area contributed by atoms with Crippen molar-refractivity contribution in [2.75, 3.05) is 53.1 Å². The summed E-state index contributed by atoms with van der Waals surface area (Å²) in [4.78, 5) is 76.7. The maximum absolute atomic E-state index is 9.88. The summed E-state index contributed by atoms with van der Waals surface area (Å²) in [6.45, 7) is 20.6. The third-order valence-electron chi connectivity index (χ3n) is 20.6. The lowest BCUT2D eigenvalue weighted by Crippen LogP contribution is -2.31. The van der Waals surface area contributed by atoms with E-state index in [4.69, 9.17) is 45.6 Å². The quantitative estimate of drug-likeness (QED) is 0.0524. The molecule has 0 bridgehead atoms. The zero-order chi connectivity index (χ0) is 69.7.